The van der Waals surface area contributed by atoms with E-state index >= 15 is 0 Å². The SMILES string of the molecule is CC1=C2N=c3c(c(C)c(C)nc3=c3[nH]c(c(C)c3C)=C(C)c3[nH]c(c(C)c3C)C(C)c3[nH]c1c(C)c3C)C2(C)C. The van der Waals surface area contributed by atoms with Gasteiger partial charge in [0.1, 0.15) is 5.35 Å². The molecule has 2 aliphatic heterocycles. The Morgan fingerprint density at radius 1 is 0.600 bits per heavy atom. The zero-order chi connectivity index (χ0) is 29.2. The van der Waals surface area contributed by atoms with Gasteiger partial charge in [-0.05, 0) is 125 Å². The lowest BCUT2D eigenvalue weighted by molar-refractivity contribution is 0.632. The summed E-state index contributed by atoms with van der Waals surface area (Å²) in [5, 5.41) is 4.19. The van der Waals surface area contributed by atoms with Crippen LogP contribution in [0.4, 0.5) is 0 Å². The van der Waals surface area contributed by atoms with Gasteiger partial charge in [0.05, 0.1) is 16.4 Å². The molecule has 0 radical (unpaired) electrons. The molecule has 1 unspecified atom stereocenters. The van der Waals surface area contributed by atoms with Crippen LogP contribution in [-0.4, -0.2) is 19.9 Å². The van der Waals surface area contributed by atoms with Gasteiger partial charge in [0.25, 0.3) is 0 Å². The monoisotopic (exact) mass is 533 g/mol. The van der Waals surface area contributed by atoms with Crippen LogP contribution in [-0.2, 0) is 5.41 Å². The van der Waals surface area contributed by atoms with Crippen LogP contribution in [0.1, 0.15) is 114 Å². The van der Waals surface area contributed by atoms with Crippen LogP contribution < -0.4 is 10.7 Å². The molecule has 3 N–H and O–H groups in total. The number of hydrogen-bond acceptors (Lipinski definition) is 2. The number of allylic oxidation sites excluding steroid dienone is 2. The van der Waals surface area contributed by atoms with E-state index in [4.69, 9.17) is 9.98 Å². The fourth-order valence-electron chi connectivity index (χ4n) is 7.48. The molecule has 0 saturated heterocycles. The van der Waals surface area contributed by atoms with Gasteiger partial charge in [0.15, 0.2) is 0 Å². The molecule has 6 rings (SSSR count). The van der Waals surface area contributed by atoms with Crippen molar-refractivity contribution in [3.05, 3.63) is 100 Å². The van der Waals surface area contributed by atoms with Crippen LogP contribution in [0, 0.1) is 66.1 Å². The number of nitrogens with zero attached hydrogens (tertiary/aromatic N) is 2. The summed E-state index contributed by atoms with van der Waals surface area (Å²) in [6, 6.07) is 0. The number of pyridine rings is 1. The van der Waals surface area contributed by atoms with Gasteiger partial charge in [-0.2, -0.15) is 0 Å². The van der Waals surface area contributed by atoms with Gasteiger partial charge >= 0.3 is 0 Å². The lowest BCUT2D eigenvalue weighted by Gasteiger charge is -2.25. The quantitative estimate of drug-likeness (QED) is 0.227. The van der Waals surface area contributed by atoms with Gasteiger partial charge in [0.2, 0.25) is 0 Å². The summed E-state index contributed by atoms with van der Waals surface area (Å²) in [7, 11) is 0. The summed E-state index contributed by atoms with van der Waals surface area (Å²) in [6.07, 6.45) is 0. The minimum Gasteiger partial charge on any atom is -0.358 e. The highest BCUT2D eigenvalue weighted by Gasteiger charge is 2.37. The number of aryl methyl sites for hydroxylation is 1. The third kappa shape index (κ3) is 3.27. The van der Waals surface area contributed by atoms with E-state index in [2.05, 4.69) is 105 Å². The predicted octanol–water partition coefficient (Wildman–Crippen LogP) is 6.85. The van der Waals surface area contributed by atoms with Gasteiger partial charge in [-0.15, -0.1) is 0 Å². The molecule has 0 saturated carbocycles. The Morgan fingerprint density at radius 2 is 1.12 bits per heavy atom. The molecule has 0 aromatic carbocycles. The first-order chi connectivity index (χ1) is 18.7. The number of rotatable bonds is 0. The molecular weight excluding hydrogens is 490 g/mol. The molecule has 0 amide bonds. The van der Waals surface area contributed by atoms with Crippen molar-refractivity contribution in [3.63, 3.8) is 0 Å². The maximum absolute atomic E-state index is 5.45. The van der Waals surface area contributed by atoms with Crippen molar-refractivity contribution in [1.29, 1.82) is 0 Å². The Morgan fingerprint density at radius 3 is 1.70 bits per heavy atom. The maximum Gasteiger partial charge on any atom is 0.113 e. The highest BCUT2D eigenvalue weighted by atomic mass is 14.9. The third-order valence-corrected chi connectivity index (χ3v) is 10.4. The minimum atomic E-state index is -0.251. The topological polar surface area (TPSA) is 72.6 Å². The van der Waals surface area contributed by atoms with E-state index < -0.39 is 0 Å². The summed E-state index contributed by atoms with van der Waals surface area (Å²) in [4.78, 5) is 22.3. The summed E-state index contributed by atoms with van der Waals surface area (Å²) in [6.45, 7) is 29.2. The zero-order valence-electron chi connectivity index (χ0n) is 26.5. The Bertz CT molecular complexity index is 2030. The maximum atomic E-state index is 5.45. The average Bonchev–Trinajstić information content (AvgIpc) is 3.57. The average molecular weight is 534 g/mol. The first kappa shape index (κ1) is 26.6. The van der Waals surface area contributed by atoms with E-state index in [-0.39, 0.29) is 11.3 Å². The number of hydrogen-bond donors (Lipinski definition) is 3. The zero-order valence-corrected chi connectivity index (χ0v) is 26.5. The van der Waals surface area contributed by atoms with Crippen molar-refractivity contribution >= 4 is 11.1 Å². The van der Waals surface area contributed by atoms with Gasteiger partial charge < -0.3 is 15.0 Å². The molecule has 6 heterocycles. The van der Waals surface area contributed by atoms with E-state index in [1.165, 1.54) is 78.4 Å². The van der Waals surface area contributed by atoms with E-state index in [1.807, 2.05) is 0 Å². The van der Waals surface area contributed by atoms with Crippen LogP contribution in [0.3, 0.4) is 0 Å². The second-order valence-corrected chi connectivity index (χ2v) is 12.9. The molecule has 5 nitrogen and oxygen atoms in total. The standard InChI is InChI=1S/C35H43N5/c1-14-15(2)27-22(9)29-18(5)19(6)31(39-29)33-32-25(20(7)24(11)36-33)35(12,13)34(40-32)23(10)30-17(4)16(3)28(38-30)21(8)26(14)37-27/h21,37-39H,1-13H3. The first-order valence-corrected chi connectivity index (χ1v) is 14.5. The highest BCUT2D eigenvalue weighted by Crippen LogP contribution is 2.42. The first-order valence-electron chi connectivity index (χ1n) is 14.5. The van der Waals surface area contributed by atoms with E-state index in [0.29, 0.717) is 0 Å². The van der Waals surface area contributed by atoms with Crippen molar-refractivity contribution in [2.45, 2.75) is 101 Å². The lowest BCUT2D eigenvalue weighted by atomic mass is 9.79. The molecule has 4 aromatic rings. The Labute approximate surface area is 237 Å². The Kier molecular flexibility index (Phi) is 5.62. The summed E-state index contributed by atoms with van der Waals surface area (Å²) < 4.78 is 0. The molecule has 0 aliphatic carbocycles. The van der Waals surface area contributed by atoms with Gasteiger partial charge in [0, 0.05) is 45.2 Å². The van der Waals surface area contributed by atoms with Crippen molar-refractivity contribution in [2.75, 3.05) is 0 Å². The largest absolute Gasteiger partial charge is 0.358 e. The smallest absolute Gasteiger partial charge is 0.113 e. The fourth-order valence-corrected chi connectivity index (χ4v) is 7.48. The van der Waals surface area contributed by atoms with Gasteiger partial charge in [-0.1, -0.05) is 20.8 Å². The van der Waals surface area contributed by atoms with E-state index in [1.54, 1.807) is 0 Å². The Hall–Kier alpha value is -3.60. The predicted molar refractivity (Wildman–Crippen MR) is 164 cm³/mol. The highest BCUT2D eigenvalue weighted by molar-refractivity contribution is 5.73. The van der Waals surface area contributed by atoms with Gasteiger partial charge in [-0.3, -0.25) is 0 Å². The number of fused-ring (bicyclic) bond motifs is 7. The number of aromatic nitrogens is 4. The van der Waals surface area contributed by atoms with Crippen molar-refractivity contribution < 1.29 is 0 Å². The van der Waals surface area contributed by atoms with Gasteiger partial charge in [-0.25, -0.2) is 9.98 Å². The summed E-state index contributed by atoms with van der Waals surface area (Å²) in [5.41, 5.74) is 19.6. The fraction of sp³-hybridized carbons (Fsp3) is 0.429. The second kappa shape index (κ2) is 8.45. The van der Waals surface area contributed by atoms with Crippen LogP contribution in [0.15, 0.2) is 10.7 Å². The lowest BCUT2D eigenvalue weighted by Crippen LogP contribution is -2.25. The minimum absolute atomic E-state index is 0.201. The normalized spacial score (nSPS) is 17.6. The second-order valence-electron chi connectivity index (χ2n) is 12.9. The molecule has 5 heteroatoms. The third-order valence-electron chi connectivity index (χ3n) is 10.4. The number of aromatic amines is 3. The summed E-state index contributed by atoms with van der Waals surface area (Å²) >= 11 is 0. The summed E-state index contributed by atoms with van der Waals surface area (Å²) in [5.74, 6) is 0.201. The van der Waals surface area contributed by atoms with Crippen LogP contribution in [0.5, 0.6) is 0 Å². The molecule has 0 spiro atoms. The Balaban J connectivity index is 1.93. The van der Waals surface area contributed by atoms with E-state index in [0.717, 1.165) is 32.8 Å². The van der Waals surface area contributed by atoms with Crippen LogP contribution in [0.25, 0.3) is 11.1 Å². The molecule has 40 heavy (non-hydrogen) atoms. The molecular formula is C35H43N5. The molecule has 208 valence electrons. The molecule has 2 aliphatic rings. The van der Waals surface area contributed by atoms with Crippen LogP contribution in [0.2, 0.25) is 0 Å². The van der Waals surface area contributed by atoms with Crippen LogP contribution >= 0.6 is 0 Å². The van der Waals surface area contributed by atoms with Crippen molar-refractivity contribution in [1.82, 2.24) is 19.9 Å². The molecule has 4 aromatic heterocycles. The van der Waals surface area contributed by atoms with Crippen molar-refractivity contribution in [2.24, 2.45) is 4.99 Å². The van der Waals surface area contributed by atoms with Crippen molar-refractivity contribution in [3.8, 4) is 0 Å². The van der Waals surface area contributed by atoms with E-state index in [9.17, 15) is 0 Å². The molecule has 0 fully saturated rings. The molecule has 1 atom stereocenters. The number of nitrogens with one attached hydrogen (secondary N) is 3. The number of H-pyrrole nitrogens is 3. The molecule has 8 bridgehead atoms.